The van der Waals surface area contributed by atoms with E-state index in [0.717, 1.165) is 16.4 Å². The van der Waals surface area contributed by atoms with Crippen LogP contribution in [0.25, 0.3) is 0 Å². The Bertz CT molecular complexity index is 673. The molecule has 0 radical (unpaired) electrons. The minimum atomic E-state index is -4.21. The van der Waals surface area contributed by atoms with Gasteiger partial charge in [-0.3, -0.25) is 0 Å². The Balaban J connectivity index is 3.57. The van der Waals surface area contributed by atoms with Crippen molar-refractivity contribution in [3.63, 3.8) is 0 Å². The van der Waals surface area contributed by atoms with E-state index < -0.39 is 37.8 Å². The van der Waals surface area contributed by atoms with Gasteiger partial charge in [-0.25, -0.2) is 17.6 Å². The molecule has 0 aliphatic carbocycles. The van der Waals surface area contributed by atoms with E-state index in [-0.39, 0.29) is 5.02 Å². The monoisotopic (exact) mass is 337 g/mol. The third kappa shape index (κ3) is 3.36. The SMILES string of the molecule is CCC(C)(C)N(C)S(=O)(=O)c1cc(Cl)cc(C(=O)O)c1F. The Hall–Kier alpha value is -1.18. The third-order valence-electron chi connectivity index (χ3n) is 3.59. The summed E-state index contributed by atoms with van der Waals surface area (Å²) in [5.74, 6) is -2.89. The van der Waals surface area contributed by atoms with Crippen molar-refractivity contribution < 1.29 is 22.7 Å². The molecule has 0 aliphatic heterocycles. The lowest BCUT2D eigenvalue weighted by atomic mass is 10.0. The average molecular weight is 338 g/mol. The van der Waals surface area contributed by atoms with Gasteiger partial charge >= 0.3 is 5.97 Å². The largest absolute Gasteiger partial charge is 0.478 e. The van der Waals surface area contributed by atoms with Crippen LogP contribution in [0, 0.1) is 5.82 Å². The summed E-state index contributed by atoms with van der Waals surface area (Å²) in [4.78, 5) is 10.2. The van der Waals surface area contributed by atoms with E-state index in [1.54, 1.807) is 20.8 Å². The van der Waals surface area contributed by atoms with Gasteiger partial charge in [0.05, 0.1) is 5.56 Å². The molecule has 1 N–H and O–H groups in total. The smallest absolute Gasteiger partial charge is 0.338 e. The summed E-state index contributed by atoms with van der Waals surface area (Å²) in [5, 5.41) is 8.76. The lowest BCUT2D eigenvalue weighted by Gasteiger charge is -2.33. The van der Waals surface area contributed by atoms with Crippen molar-refractivity contribution in [1.29, 1.82) is 0 Å². The van der Waals surface area contributed by atoms with Crippen molar-refractivity contribution in [3.05, 3.63) is 28.5 Å². The lowest BCUT2D eigenvalue weighted by molar-refractivity contribution is 0.0691. The van der Waals surface area contributed by atoms with Crippen LogP contribution in [-0.4, -0.2) is 36.4 Å². The maximum atomic E-state index is 14.2. The van der Waals surface area contributed by atoms with Crippen molar-refractivity contribution in [2.45, 2.75) is 37.6 Å². The van der Waals surface area contributed by atoms with Crippen LogP contribution >= 0.6 is 11.6 Å². The van der Waals surface area contributed by atoms with E-state index >= 15 is 0 Å². The molecule has 0 amide bonds. The minimum absolute atomic E-state index is 0.157. The van der Waals surface area contributed by atoms with Gasteiger partial charge in [-0.1, -0.05) is 18.5 Å². The third-order valence-corrected chi connectivity index (χ3v) is 5.88. The second-order valence-electron chi connectivity index (χ2n) is 5.21. The summed E-state index contributed by atoms with van der Waals surface area (Å²) >= 11 is 5.71. The highest BCUT2D eigenvalue weighted by Gasteiger charge is 2.35. The summed E-state index contributed by atoms with van der Waals surface area (Å²) in [6.07, 6.45) is 0.497. The Labute approximate surface area is 128 Å². The van der Waals surface area contributed by atoms with Crippen molar-refractivity contribution >= 4 is 27.6 Å². The number of carbonyl (C=O) groups is 1. The van der Waals surface area contributed by atoms with Crippen LogP contribution in [0.3, 0.4) is 0 Å². The minimum Gasteiger partial charge on any atom is -0.478 e. The first kappa shape index (κ1) is 17.9. The van der Waals surface area contributed by atoms with E-state index in [1.165, 1.54) is 7.05 Å². The number of hydrogen-bond acceptors (Lipinski definition) is 3. The number of benzene rings is 1. The van der Waals surface area contributed by atoms with Crippen LogP contribution in [0.4, 0.5) is 4.39 Å². The molecule has 0 atom stereocenters. The summed E-state index contributed by atoms with van der Waals surface area (Å²) in [6, 6.07) is 1.80. The molecule has 0 spiro atoms. The molecule has 0 unspecified atom stereocenters. The van der Waals surface area contributed by atoms with E-state index in [0.29, 0.717) is 6.42 Å². The molecule has 21 heavy (non-hydrogen) atoms. The van der Waals surface area contributed by atoms with Gasteiger partial charge in [0.2, 0.25) is 10.0 Å². The first-order valence-corrected chi connectivity index (χ1v) is 7.98. The van der Waals surface area contributed by atoms with Crippen molar-refractivity contribution in [1.82, 2.24) is 4.31 Å². The molecule has 0 saturated carbocycles. The summed E-state index contributed by atoms with van der Waals surface area (Å²) in [6.45, 7) is 5.17. The summed E-state index contributed by atoms with van der Waals surface area (Å²) in [7, 11) is -2.89. The zero-order valence-electron chi connectivity index (χ0n) is 12.1. The Kier molecular flexibility index (Phi) is 5.02. The zero-order valence-corrected chi connectivity index (χ0v) is 13.7. The molecule has 8 heteroatoms. The first-order chi connectivity index (χ1) is 9.45. The molecule has 0 aromatic heterocycles. The second kappa shape index (κ2) is 5.90. The van der Waals surface area contributed by atoms with Crippen molar-refractivity contribution in [2.24, 2.45) is 0 Å². The van der Waals surface area contributed by atoms with Gasteiger partial charge in [0.1, 0.15) is 4.90 Å². The molecular formula is C13H17ClFNO4S. The van der Waals surface area contributed by atoms with Crippen LogP contribution in [0.5, 0.6) is 0 Å². The van der Waals surface area contributed by atoms with E-state index in [1.807, 2.05) is 0 Å². The van der Waals surface area contributed by atoms with E-state index in [4.69, 9.17) is 16.7 Å². The summed E-state index contributed by atoms with van der Waals surface area (Å²) in [5.41, 5.74) is -1.53. The summed E-state index contributed by atoms with van der Waals surface area (Å²) < 4.78 is 40.3. The molecule has 0 fully saturated rings. The van der Waals surface area contributed by atoms with Crippen molar-refractivity contribution in [3.8, 4) is 0 Å². The normalized spacial score (nSPS) is 12.7. The predicted molar refractivity (Wildman–Crippen MR) is 77.7 cm³/mol. The Morgan fingerprint density at radius 2 is 1.95 bits per heavy atom. The van der Waals surface area contributed by atoms with Crippen LogP contribution < -0.4 is 0 Å². The number of carboxylic acids is 1. The van der Waals surface area contributed by atoms with Gasteiger partial charge in [0, 0.05) is 17.6 Å². The molecule has 1 aromatic carbocycles. The fourth-order valence-electron chi connectivity index (χ4n) is 1.60. The molecule has 5 nitrogen and oxygen atoms in total. The van der Waals surface area contributed by atoms with E-state index in [2.05, 4.69) is 0 Å². The predicted octanol–water partition coefficient (Wildman–Crippen LogP) is 2.99. The van der Waals surface area contributed by atoms with Gasteiger partial charge in [-0.15, -0.1) is 0 Å². The highest BCUT2D eigenvalue weighted by atomic mass is 35.5. The number of hydrogen-bond donors (Lipinski definition) is 1. The number of nitrogens with zero attached hydrogens (tertiary/aromatic N) is 1. The molecule has 0 aliphatic rings. The molecule has 0 saturated heterocycles. The number of sulfonamides is 1. The van der Waals surface area contributed by atoms with Gasteiger partial charge < -0.3 is 5.11 Å². The van der Waals surface area contributed by atoms with Crippen LogP contribution in [0.1, 0.15) is 37.6 Å². The molecule has 1 rings (SSSR count). The molecular weight excluding hydrogens is 321 g/mol. The number of carboxylic acid groups (broad SMARTS) is 1. The van der Waals surface area contributed by atoms with Gasteiger partial charge in [-0.05, 0) is 32.4 Å². The molecule has 0 heterocycles. The zero-order chi connectivity index (χ0) is 16.6. The van der Waals surface area contributed by atoms with Crippen molar-refractivity contribution in [2.75, 3.05) is 7.05 Å². The fourth-order valence-corrected chi connectivity index (χ4v) is 3.57. The number of rotatable bonds is 5. The highest BCUT2D eigenvalue weighted by Crippen LogP contribution is 2.30. The molecule has 1 aromatic rings. The average Bonchev–Trinajstić information content (AvgIpc) is 2.39. The Morgan fingerprint density at radius 1 is 1.43 bits per heavy atom. The number of aromatic carboxylic acids is 1. The topological polar surface area (TPSA) is 74.7 Å². The van der Waals surface area contributed by atoms with Gasteiger partial charge in [0.25, 0.3) is 0 Å². The number of halogens is 2. The highest BCUT2D eigenvalue weighted by molar-refractivity contribution is 7.89. The van der Waals surface area contributed by atoms with Crippen LogP contribution in [-0.2, 0) is 10.0 Å². The second-order valence-corrected chi connectivity index (χ2v) is 7.58. The van der Waals surface area contributed by atoms with Crippen LogP contribution in [0.2, 0.25) is 5.02 Å². The first-order valence-electron chi connectivity index (χ1n) is 6.16. The van der Waals surface area contributed by atoms with Gasteiger partial charge in [-0.2, -0.15) is 4.31 Å². The van der Waals surface area contributed by atoms with Crippen LogP contribution in [0.15, 0.2) is 17.0 Å². The van der Waals surface area contributed by atoms with Gasteiger partial charge in [0.15, 0.2) is 5.82 Å². The molecule has 118 valence electrons. The fraction of sp³-hybridized carbons (Fsp3) is 0.462. The lowest BCUT2D eigenvalue weighted by Crippen LogP contribution is -2.44. The standard InChI is InChI=1S/C13H17ClFNO4S/c1-5-13(2,3)16(4)21(19,20)10-7-8(14)6-9(11(10)15)12(17)18/h6-7H,5H2,1-4H3,(H,17,18). The van der Waals surface area contributed by atoms with E-state index in [9.17, 15) is 17.6 Å². The Morgan fingerprint density at radius 3 is 2.38 bits per heavy atom. The molecule has 0 bridgehead atoms. The maximum Gasteiger partial charge on any atom is 0.338 e. The maximum absolute atomic E-state index is 14.2. The quantitative estimate of drug-likeness (QED) is 0.896.